The topological polar surface area (TPSA) is 89.8 Å². The van der Waals surface area contributed by atoms with Crippen LogP contribution in [0.3, 0.4) is 0 Å². The second kappa shape index (κ2) is 8.77. The summed E-state index contributed by atoms with van der Waals surface area (Å²) < 4.78 is 16.3. The summed E-state index contributed by atoms with van der Waals surface area (Å²) in [6.45, 7) is 0.179. The first-order valence-corrected chi connectivity index (χ1v) is 8.58. The molecule has 3 aromatic rings. The van der Waals surface area contributed by atoms with Gasteiger partial charge in [0.1, 0.15) is 18.1 Å². The molecule has 28 heavy (non-hydrogen) atoms. The summed E-state index contributed by atoms with van der Waals surface area (Å²) in [5.74, 6) is 0.505. The molecule has 0 aliphatic carbocycles. The average molecular weight is 380 g/mol. The van der Waals surface area contributed by atoms with Crippen LogP contribution in [0.4, 0.5) is 5.69 Å². The van der Waals surface area contributed by atoms with Gasteiger partial charge in [0, 0.05) is 18.2 Å². The molecular formula is C21H20N2O5. The largest absolute Gasteiger partial charge is 0.495 e. The molecule has 0 spiro atoms. The van der Waals surface area contributed by atoms with Crippen LogP contribution in [0.2, 0.25) is 0 Å². The number of rotatable bonds is 7. The number of benzene rings is 2. The second-order valence-corrected chi connectivity index (χ2v) is 5.83. The molecule has 0 saturated heterocycles. The van der Waals surface area contributed by atoms with Crippen LogP contribution in [-0.4, -0.2) is 26.0 Å². The van der Waals surface area contributed by atoms with E-state index >= 15 is 0 Å². The van der Waals surface area contributed by atoms with Crippen LogP contribution in [0.5, 0.6) is 11.5 Å². The van der Waals surface area contributed by atoms with Gasteiger partial charge >= 0.3 is 0 Å². The molecule has 144 valence electrons. The fraction of sp³-hybridized carbons (Fsp3) is 0.143. The van der Waals surface area contributed by atoms with Crippen molar-refractivity contribution in [2.75, 3.05) is 19.5 Å². The highest BCUT2D eigenvalue weighted by Gasteiger charge is 2.19. The Morgan fingerprint density at radius 2 is 1.82 bits per heavy atom. The molecule has 7 heteroatoms. The molecule has 1 heterocycles. The maximum absolute atomic E-state index is 12.7. The van der Waals surface area contributed by atoms with Gasteiger partial charge in [-0.2, -0.15) is 0 Å². The fourth-order valence-corrected chi connectivity index (χ4v) is 2.60. The summed E-state index contributed by atoms with van der Waals surface area (Å²) in [5.41, 5.74) is 1.35. The van der Waals surface area contributed by atoms with Gasteiger partial charge in [-0.3, -0.25) is 9.59 Å². The highest BCUT2D eigenvalue weighted by molar-refractivity contribution is 6.05. The second-order valence-electron chi connectivity index (χ2n) is 5.83. The lowest BCUT2D eigenvalue weighted by atomic mass is 10.1. The summed E-state index contributed by atoms with van der Waals surface area (Å²) in [6.07, 6.45) is 1.43. The molecule has 1 aromatic heterocycles. The van der Waals surface area contributed by atoms with E-state index < -0.39 is 5.91 Å². The van der Waals surface area contributed by atoms with E-state index in [4.69, 9.17) is 13.9 Å². The third-order valence-corrected chi connectivity index (χ3v) is 4.03. The number of ether oxygens (including phenoxy) is 2. The van der Waals surface area contributed by atoms with E-state index in [2.05, 4.69) is 10.6 Å². The Morgan fingerprint density at radius 1 is 1.04 bits per heavy atom. The summed E-state index contributed by atoms with van der Waals surface area (Å²) in [6, 6.07) is 15.7. The maximum Gasteiger partial charge on any atom is 0.291 e. The molecule has 0 fully saturated rings. The van der Waals surface area contributed by atoms with Crippen LogP contribution in [0.1, 0.15) is 26.5 Å². The number of methoxy groups -OCH3 is 1. The van der Waals surface area contributed by atoms with Gasteiger partial charge in [-0.25, -0.2) is 0 Å². The van der Waals surface area contributed by atoms with E-state index in [1.54, 1.807) is 24.3 Å². The van der Waals surface area contributed by atoms with E-state index in [-0.39, 0.29) is 18.3 Å². The third kappa shape index (κ3) is 4.32. The molecule has 0 aliphatic rings. The first-order chi connectivity index (χ1) is 13.6. The molecule has 2 amide bonds. The molecule has 7 nitrogen and oxygen atoms in total. The maximum atomic E-state index is 12.7. The van der Waals surface area contributed by atoms with Gasteiger partial charge in [-0.05, 0) is 36.4 Å². The first-order valence-electron chi connectivity index (χ1n) is 8.58. The van der Waals surface area contributed by atoms with Gasteiger partial charge < -0.3 is 24.5 Å². The van der Waals surface area contributed by atoms with E-state index in [0.29, 0.717) is 28.3 Å². The minimum absolute atomic E-state index is 0.128. The van der Waals surface area contributed by atoms with Gasteiger partial charge in [-0.15, -0.1) is 0 Å². The van der Waals surface area contributed by atoms with Crippen molar-refractivity contribution in [2.24, 2.45) is 0 Å². The summed E-state index contributed by atoms with van der Waals surface area (Å²) in [4.78, 5) is 24.6. The Bertz CT molecular complexity index is 966. The van der Waals surface area contributed by atoms with Crippen molar-refractivity contribution in [3.05, 3.63) is 77.7 Å². The quantitative estimate of drug-likeness (QED) is 0.655. The van der Waals surface area contributed by atoms with E-state index in [1.165, 1.54) is 20.4 Å². The predicted molar refractivity (Wildman–Crippen MR) is 104 cm³/mol. The van der Waals surface area contributed by atoms with Crippen molar-refractivity contribution in [1.29, 1.82) is 0 Å². The number of amides is 2. The molecule has 0 unspecified atom stereocenters. The zero-order chi connectivity index (χ0) is 19.9. The summed E-state index contributed by atoms with van der Waals surface area (Å²) in [7, 11) is 3.02. The Kier molecular flexibility index (Phi) is 5.96. The highest BCUT2D eigenvalue weighted by atomic mass is 16.5. The predicted octanol–water partition coefficient (Wildman–Crippen LogP) is 3.48. The van der Waals surface area contributed by atoms with Crippen molar-refractivity contribution < 1.29 is 23.5 Å². The van der Waals surface area contributed by atoms with Crippen LogP contribution in [0, 0.1) is 0 Å². The molecule has 2 aromatic carbocycles. The van der Waals surface area contributed by atoms with E-state index in [0.717, 1.165) is 0 Å². The Hall–Kier alpha value is -3.74. The molecular weight excluding hydrogens is 360 g/mol. The van der Waals surface area contributed by atoms with Gasteiger partial charge in [0.2, 0.25) is 0 Å². The minimum Gasteiger partial charge on any atom is -0.495 e. The van der Waals surface area contributed by atoms with Gasteiger partial charge in [-0.1, -0.05) is 18.2 Å². The number of furan rings is 1. The fourth-order valence-electron chi connectivity index (χ4n) is 2.60. The van der Waals surface area contributed by atoms with Crippen LogP contribution in [0.15, 0.2) is 65.3 Å². The van der Waals surface area contributed by atoms with Crippen molar-refractivity contribution >= 4 is 17.5 Å². The monoisotopic (exact) mass is 380 g/mol. The molecule has 0 radical (unpaired) electrons. The van der Waals surface area contributed by atoms with Crippen molar-refractivity contribution in [2.45, 2.75) is 6.61 Å². The van der Waals surface area contributed by atoms with Crippen LogP contribution in [0.25, 0.3) is 0 Å². The number of carbonyl (C=O) groups is 2. The lowest BCUT2D eigenvalue weighted by Gasteiger charge is -2.12. The SMILES string of the molecule is CNC(=O)c1ccc(OC)c(NC(=O)c2occc2COc2ccccc2)c1. The van der Waals surface area contributed by atoms with E-state index in [9.17, 15) is 9.59 Å². The normalized spacial score (nSPS) is 10.2. The lowest BCUT2D eigenvalue weighted by Crippen LogP contribution is -2.19. The minimum atomic E-state index is -0.469. The smallest absolute Gasteiger partial charge is 0.291 e. The number of hydrogen-bond donors (Lipinski definition) is 2. The van der Waals surface area contributed by atoms with Crippen LogP contribution < -0.4 is 20.1 Å². The number of para-hydroxylation sites is 1. The summed E-state index contributed by atoms with van der Waals surface area (Å²) >= 11 is 0. The summed E-state index contributed by atoms with van der Waals surface area (Å²) in [5, 5.41) is 5.27. The number of carbonyl (C=O) groups excluding carboxylic acids is 2. The zero-order valence-corrected chi connectivity index (χ0v) is 15.5. The van der Waals surface area contributed by atoms with Crippen LogP contribution in [-0.2, 0) is 6.61 Å². The standard InChI is InChI=1S/C21H20N2O5/c1-22-20(24)14-8-9-18(26-2)17(12-14)23-21(25)19-15(10-11-27-19)13-28-16-6-4-3-5-7-16/h3-12H,13H2,1-2H3,(H,22,24)(H,23,25). The number of anilines is 1. The third-order valence-electron chi connectivity index (χ3n) is 4.03. The van der Waals surface area contributed by atoms with E-state index in [1.807, 2.05) is 30.3 Å². The lowest BCUT2D eigenvalue weighted by molar-refractivity contribution is 0.0960. The Morgan fingerprint density at radius 3 is 2.54 bits per heavy atom. The molecule has 0 saturated carbocycles. The Labute approximate surface area is 162 Å². The van der Waals surface area contributed by atoms with Gasteiger partial charge in [0.05, 0.1) is 19.1 Å². The average Bonchev–Trinajstić information content (AvgIpc) is 3.21. The van der Waals surface area contributed by atoms with Crippen molar-refractivity contribution in [3.8, 4) is 11.5 Å². The van der Waals surface area contributed by atoms with Crippen LogP contribution >= 0.6 is 0 Å². The van der Waals surface area contributed by atoms with Gasteiger partial charge in [0.25, 0.3) is 11.8 Å². The zero-order valence-electron chi connectivity index (χ0n) is 15.5. The Balaban J connectivity index is 1.77. The molecule has 0 bridgehead atoms. The number of hydrogen-bond acceptors (Lipinski definition) is 5. The molecule has 3 rings (SSSR count). The number of nitrogens with one attached hydrogen (secondary N) is 2. The van der Waals surface area contributed by atoms with Crippen molar-refractivity contribution in [3.63, 3.8) is 0 Å². The molecule has 2 N–H and O–H groups in total. The van der Waals surface area contributed by atoms with Gasteiger partial charge in [0.15, 0.2) is 5.76 Å². The first kappa shape index (κ1) is 19.0. The molecule has 0 atom stereocenters. The van der Waals surface area contributed by atoms with Crippen molar-refractivity contribution in [1.82, 2.24) is 5.32 Å². The highest BCUT2D eigenvalue weighted by Crippen LogP contribution is 2.27. The molecule has 0 aliphatic heterocycles.